The average Bonchev–Trinajstić information content (AvgIpc) is 3.31. The van der Waals surface area contributed by atoms with Crippen molar-refractivity contribution in [2.75, 3.05) is 13.2 Å². The Morgan fingerprint density at radius 2 is 2.30 bits per heavy atom. The monoisotopic (exact) mass is 331 g/mol. The minimum absolute atomic E-state index is 0.543. The molecule has 7 nitrogen and oxygen atoms in total. The minimum atomic E-state index is 0.543. The van der Waals surface area contributed by atoms with E-state index < -0.39 is 0 Å². The summed E-state index contributed by atoms with van der Waals surface area (Å²) in [6.07, 6.45) is 4.84. The molecule has 8 heteroatoms. The second-order valence-electron chi connectivity index (χ2n) is 5.69. The quantitative estimate of drug-likeness (QED) is 0.715. The molecule has 3 aromatic heterocycles. The largest absolute Gasteiger partial charge is 0.381 e. The summed E-state index contributed by atoms with van der Waals surface area (Å²) in [5.41, 5.74) is 1.59. The Bertz CT molecular complexity index is 787. The fourth-order valence-electron chi connectivity index (χ4n) is 2.62. The van der Waals surface area contributed by atoms with Gasteiger partial charge in [0.25, 0.3) is 0 Å². The molecule has 4 rings (SSSR count). The van der Waals surface area contributed by atoms with Crippen LogP contribution in [0.25, 0.3) is 22.2 Å². The van der Waals surface area contributed by atoms with Crippen molar-refractivity contribution in [2.45, 2.75) is 19.3 Å². The molecule has 4 heterocycles. The van der Waals surface area contributed by atoms with Gasteiger partial charge in [0.1, 0.15) is 16.4 Å². The van der Waals surface area contributed by atoms with E-state index in [-0.39, 0.29) is 0 Å². The van der Waals surface area contributed by atoms with Gasteiger partial charge in [0, 0.05) is 38.3 Å². The summed E-state index contributed by atoms with van der Waals surface area (Å²) in [5.74, 6) is 1.82. The molecule has 1 aliphatic rings. The summed E-state index contributed by atoms with van der Waals surface area (Å²) in [4.78, 5) is 9.01. The highest BCUT2D eigenvalue weighted by Gasteiger charge is 2.18. The number of aromatic nitrogens is 5. The van der Waals surface area contributed by atoms with Crippen molar-refractivity contribution in [3.63, 3.8) is 0 Å². The normalized spacial score (nSPS) is 17.9. The van der Waals surface area contributed by atoms with Crippen molar-refractivity contribution in [3.8, 4) is 22.2 Å². The van der Waals surface area contributed by atoms with E-state index in [1.807, 2.05) is 24.7 Å². The van der Waals surface area contributed by atoms with Crippen LogP contribution >= 0.6 is 11.3 Å². The first-order valence-electron chi connectivity index (χ1n) is 7.64. The Morgan fingerprint density at radius 3 is 3.09 bits per heavy atom. The summed E-state index contributed by atoms with van der Waals surface area (Å²) >= 11 is 1.53. The third-order valence-corrected chi connectivity index (χ3v) is 4.79. The molecule has 3 aromatic rings. The maximum Gasteiger partial charge on any atom is 0.227 e. The van der Waals surface area contributed by atoms with Crippen LogP contribution in [0.1, 0.15) is 18.7 Å². The Morgan fingerprint density at radius 1 is 1.35 bits per heavy atom. The van der Waals surface area contributed by atoms with Crippen LogP contribution in [-0.2, 0) is 18.2 Å². The van der Waals surface area contributed by atoms with Crippen LogP contribution < -0.4 is 0 Å². The lowest BCUT2D eigenvalue weighted by Crippen LogP contribution is -2.01. The molecular weight excluding hydrogens is 314 g/mol. The Kier molecular flexibility index (Phi) is 3.92. The zero-order chi connectivity index (χ0) is 15.6. The van der Waals surface area contributed by atoms with E-state index in [9.17, 15) is 0 Å². The van der Waals surface area contributed by atoms with Crippen molar-refractivity contribution in [1.29, 1.82) is 0 Å². The minimum Gasteiger partial charge on any atom is -0.381 e. The van der Waals surface area contributed by atoms with Crippen LogP contribution in [0.4, 0.5) is 0 Å². The predicted molar refractivity (Wildman–Crippen MR) is 84.9 cm³/mol. The van der Waals surface area contributed by atoms with Crippen molar-refractivity contribution in [2.24, 2.45) is 13.0 Å². The highest BCUT2D eigenvalue weighted by atomic mass is 32.1. The first-order valence-corrected chi connectivity index (χ1v) is 8.52. The van der Waals surface area contributed by atoms with Crippen LogP contribution in [-0.4, -0.2) is 38.1 Å². The molecule has 0 aliphatic carbocycles. The second kappa shape index (κ2) is 6.21. The zero-order valence-corrected chi connectivity index (χ0v) is 13.6. The van der Waals surface area contributed by atoms with E-state index in [0.29, 0.717) is 17.6 Å². The highest BCUT2D eigenvalue weighted by Crippen LogP contribution is 2.26. The van der Waals surface area contributed by atoms with Gasteiger partial charge >= 0.3 is 0 Å². The van der Waals surface area contributed by atoms with Gasteiger partial charge in [-0.15, -0.1) is 11.3 Å². The highest BCUT2D eigenvalue weighted by molar-refractivity contribution is 7.13. The SMILES string of the molecule is Cn1ccc(-c2nc(-c3noc(CCC4CCOC4)n3)cs2)n1. The van der Waals surface area contributed by atoms with Crippen LogP contribution in [0.15, 0.2) is 22.2 Å². The van der Waals surface area contributed by atoms with Crippen LogP contribution in [0.5, 0.6) is 0 Å². The number of ether oxygens (including phenoxy) is 1. The molecule has 0 saturated carbocycles. The summed E-state index contributed by atoms with van der Waals surface area (Å²) in [6, 6.07) is 1.94. The molecule has 23 heavy (non-hydrogen) atoms. The third kappa shape index (κ3) is 3.18. The summed E-state index contributed by atoms with van der Waals surface area (Å²) in [7, 11) is 1.89. The molecule has 0 amide bonds. The van der Waals surface area contributed by atoms with Crippen molar-refractivity contribution in [3.05, 3.63) is 23.5 Å². The molecule has 1 saturated heterocycles. The standard InChI is InChI=1S/C15H17N5O2S/c1-20-6-4-11(18-20)15-16-12(9-23-15)14-17-13(22-19-14)3-2-10-5-7-21-8-10/h4,6,9-10H,2-3,5,7-8H2,1H3. The van der Waals surface area contributed by atoms with Gasteiger partial charge in [-0.3, -0.25) is 4.68 Å². The molecule has 1 aliphatic heterocycles. The summed E-state index contributed by atoms with van der Waals surface area (Å²) < 4.78 is 12.5. The molecule has 1 unspecified atom stereocenters. The molecule has 120 valence electrons. The van der Waals surface area contributed by atoms with E-state index in [4.69, 9.17) is 9.26 Å². The number of hydrogen-bond acceptors (Lipinski definition) is 7. The van der Waals surface area contributed by atoms with Crippen molar-refractivity contribution < 1.29 is 9.26 Å². The Balaban J connectivity index is 1.45. The summed E-state index contributed by atoms with van der Waals surface area (Å²) in [6.45, 7) is 1.72. The lowest BCUT2D eigenvalue weighted by Gasteiger charge is -2.02. The summed E-state index contributed by atoms with van der Waals surface area (Å²) in [5, 5.41) is 11.2. The van der Waals surface area contributed by atoms with Gasteiger partial charge in [-0.1, -0.05) is 5.16 Å². The molecule has 0 aromatic carbocycles. The topological polar surface area (TPSA) is 78.9 Å². The molecule has 1 fully saturated rings. The predicted octanol–water partition coefficient (Wildman–Crippen LogP) is 2.56. The van der Waals surface area contributed by atoms with Crippen molar-refractivity contribution in [1.82, 2.24) is 24.9 Å². The lowest BCUT2D eigenvalue weighted by molar-refractivity contribution is 0.183. The van der Waals surface area contributed by atoms with E-state index in [0.717, 1.165) is 48.9 Å². The van der Waals surface area contributed by atoms with E-state index in [1.165, 1.54) is 11.3 Å². The molecular formula is C15H17N5O2S. The Labute approximate surface area is 137 Å². The average molecular weight is 331 g/mol. The van der Waals surface area contributed by atoms with Gasteiger partial charge in [0.2, 0.25) is 11.7 Å². The first kappa shape index (κ1) is 14.5. The zero-order valence-electron chi connectivity index (χ0n) is 12.8. The Hall–Kier alpha value is -2.06. The number of thiazole rings is 1. The van der Waals surface area contributed by atoms with Gasteiger partial charge < -0.3 is 9.26 Å². The van der Waals surface area contributed by atoms with Crippen molar-refractivity contribution >= 4 is 11.3 Å². The third-order valence-electron chi connectivity index (χ3n) is 3.92. The fourth-order valence-corrected chi connectivity index (χ4v) is 3.38. The first-order chi connectivity index (χ1) is 11.3. The van der Waals surface area contributed by atoms with E-state index >= 15 is 0 Å². The molecule has 0 bridgehead atoms. The number of aryl methyl sites for hydroxylation is 2. The fraction of sp³-hybridized carbons (Fsp3) is 0.467. The van der Waals surface area contributed by atoms with E-state index in [1.54, 1.807) is 4.68 Å². The number of hydrogen-bond donors (Lipinski definition) is 0. The number of nitrogens with zero attached hydrogens (tertiary/aromatic N) is 5. The molecule has 0 radical (unpaired) electrons. The van der Waals surface area contributed by atoms with E-state index in [2.05, 4.69) is 20.2 Å². The number of rotatable bonds is 5. The van der Waals surface area contributed by atoms with Gasteiger partial charge in [0.15, 0.2) is 0 Å². The second-order valence-corrected chi connectivity index (χ2v) is 6.55. The maximum atomic E-state index is 5.38. The molecule has 1 atom stereocenters. The van der Waals surface area contributed by atoms with Gasteiger partial charge in [0.05, 0.1) is 0 Å². The molecule has 0 spiro atoms. The lowest BCUT2D eigenvalue weighted by atomic mass is 10.0. The van der Waals surface area contributed by atoms with Gasteiger partial charge in [-0.2, -0.15) is 10.1 Å². The van der Waals surface area contributed by atoms with Gasteiger partial charge in [-0.05, 0) is 24.8 Å². The van der Waals surface area contributed by atoms with Crippen LogP contribution in [0.3, 0.4) is 0 Å². The maximum absolute atomic E-state index is 5.38. The smallest absolute Gasteiger partial charge is 0.227 e. The molecule has 0 N–H and O–H groups in total. The van der Waals surface area contributed by atoms with Crippen LogP contribution in [0.2, 0.25) is 0 Å². The van der Waals surface area contributed by atoms with Gasteiger partial charge in [-0.25, -0.2) is 4.98 Å². The van der Waals surface area contributed by atoms with Crippen LogP contribution in [0, 0.1) is 5.92 Å².